The predicted octanol–water partition coefficient (Wildman–Crippen LogP) is 3.81. The van der Waals surface area contributed by atoms with E-state index < -0.39 is 0 Å². The first-order chi connectivity index (χ1) is 8.79. The number of nitrogens with zero attached hydrogens (tertiary/aromatic N) is 1. The van der Waals surface area contributed by atoms with Crippen molar-refractivity contribution >= 4 is 0 Å². The fourth-order valence-corrected chi connectivity index (χ4v) is 3.17. The highest BCUT2D eigenvalue weighted by atomic mass is 15.2. The van der Waals surface area contributed by atoms with E-state index in [1.54, 1.807) is 0 Å². The lowest BCUT2D eigenvalue weighted by Gasteiger charge is -2.40. The van der Waals surface area contributed by atoms with Gasteiger partial charge in [0.25, 0.3) is 0 Å². The monoisotopic (exact) mass is 254 g/mol. The smallest absolute Gasteiger partial charge is 0.0195 e. The highest BCUT2D eigenvalue weighted by molar-refractivity contribution is 4.81. The molecule has 1 rings (SSSR count). The molecular formula is C16H34N2. The van der Waals surface area contributed by atoms with Crippen LogP contribution in [0.25, 0.3) is 0 Å². The van der Waals surface area contributed by atoms with Crippen molar-refractivity contribution in [3.8, 4) is 0 Å². The number of likely N-dealkylation sites (tertiary alicyclic amines) is 1. The number of unbranched alkanes of at least 4 members (excludes halogenated alkanes) is 2. The maximum atomic E-state index is 3.64. The fraction of sp³-hybridized carbons (Fsp3) is 1.00. The standard InChI is InChI=1S/C16H34N2/c1-4-6-8-12-17-14-15(3)18-13-9-7-11-16(18)10-5-2/h15-17H,4-14H2,1-3H3. The van der Waals surface area contributed by atoms with Crippen LogP contribution in [-0.2, 0) is 0 Å². The summed E-state index contributed by atoms with van der Waals surface area (Å²) in [4.78, 5) is 2.76. The quantitative estimate of drug-likeness (QED) is 0.629. The molecule has 1 aliphatic heterocycles. The Morgan fingerprint density at radius 3 is 2.72 bits per heavy atom. The molecule has 108 valence electrons. The van der Waals surface area contributed by atoms with E-state index in [1.807, 2.05) is 0 Å². The van der Waals surface area contributed by atoms with Gasteiger partial charge in [0, 0.05) is 18.6 Å². The molecule has 2 unspecified atom stereocenters. The van der Waals surface area contributed by atoms with E-state index in [4.69, 9.17) is 0 Å². The van der Waals surface area contributed by atoms with Gasteiger partial charge >= 0.3 is 0 Å². The fourth-order valence-electron chi connectivity index (χ4n) is 3.17. The Morgan fingerprint density at radius 1 is 1.17 bits per heavy atom. The van der Waals surface area contributed by atoms with Gasteiger partial charge in [-0.2, -0.15) is 0 Å². The summed E-state index contributed by atoms with van der Waals surface area (Å²) in [5, 5.41) is 3.64. The second kappa shape index (κ2) is 9.80. The minimum absolute atomic E-state index is 0.712. The zero-order valence-electron chi connectivity index (χ0n) is 12.9. The number of hydrogen-bond donors (Lipinski definition) is 1. The summed E-state index contributed by atoms with van der Waals surface area (Å²) in [6.45, 7) is 10.7. The Kier molecular flexibility index (Phi) is 8.70. The zero-order valence-corrected chi connectivity index (χ0v) is 12.9. The van der Waals surface area contributed by atoms with E-state index >= 15 is 0 Å². The average molecular weight is 254 g/mol. The van der Waals surface area contributed by atoms with Crippen LogP contribution in [0.5, 0.6) is 0 Å². The summed E-state index contributed by atoms with van der Waals surface area (Å²) in [7, 11) is 0. The van der Waals surface area contributed by atoms with Crippen molar-refractivity contribution in [2.75, 3.05) is 19.6 Å². The minimum atomic E-state index is 0.712. The SMILES string of the molecule is CCCCCNCC(C)N1CCCCC1CCC. The van der Waals surface area contributed by atoms with Crippen LogP contribution < -0.4 is 5.32 Å². The number of nitrogens with one attached hydrogen (secondary N) is 1. The van der Waals surface area contributed by atoms with E-state index in [1.165, 1.54) is 71.0 Å². The third-order valence-electron chi connectivity index (χ3n) is 4.26. The highest BCUT2D eigenvalue weighted by Crippen LogP contribution is 2.22. The summed E-state index contributed by atoms with van der Waals surface area (Å²) in [6, 6.07) is 1.57. The van der Waals surface area contributed by atoms with Crippen LogP contribution in [0, 0.1) is 0 Å². The lowest BCUT2D eigenvalue weighted by Crippen LogP contribution is -2.48. The highest BCUT2D eigenvalue weighted by Gasteiger charge is 2.25. The Bertz CT molecular complexity index is 192. The summed E-state index contributed by atoms with van der Waals surface area (Å²) in [5.74, 6) is 0. The summed E-state index contributed by atoms with van der Waals surface area (Å²) < 4.78 is 0. The molecule has 1 fully saturated rings. The van der Waals surface area contributed by atoms with Gasteiger partial charge in [0.1, 0.15) is 0 Å². The molecule has 2 heteroatoms. The lowest BCUT2D eigenvalue weighted by atomic mass is 9.96. The van der Waals surface area contributed by atoms with Crippen molar-refractivity contribution < 1.29 is 0 Å². The molecule has 18 heavy (non-hydrogen) atoms. The van der Waals surface area contributed by atoms with E-state index in [-0.39, 0.29) is 0 Å². The van der Waals surface area contributed by atoms with Crippen LogP contribution in [0.15, 0.2) is 0 Å². The van der Waals surface area contributed by atoms with E-state index in [0.29, 0.717) is 6.04 Å². The molecule has 1 saturated heterocycles. The zero-order chi connectivity index (χ0) is 13.2. The average Bonchev–Trinajstić information content (AvgIpc) is 2.39. The van der Waals surface area contributed by atoms with Gasteiger partial charge in [-0.15, -0.1) is 0 Å². The molecular weight excluding hydrogens is 220 g/mol. The summed E-state index contributed by atoms with van der Waals surface area (Å²) in [5.41, 5.74) is 0. The Labute approximate surface area is 115 Å². The van der Waals surface area contributed by atoms with Crippen LogP contribution >= 0.6 is 0 Å². The van der Waals surface area contributed by atoms with Gasteiger partial charge in [0.2, 0.25) is 0 Å². The van der Waals surface area contributed by atoms with E-state index in [0.717, 1.165) is 6.04 Å². The Morgan fingerprint density at radius 2 is 2.00 bits per heavy atom. The topological polar surface area (TPSA) is 15.3 Å². The maximum absolute atomic E-state index is 3.64. The lowest BCUT2D eigenvalue weighted by molar-refractivity contribution is 0.0956. The van der Waals surface area contributed by atoms with Crippen LogP contribution in [0.4, 0.5) is 0 Å². The van der Waals surface area contributed by atoms with Crippen molar-refractivity contribution in [1.82, 2.24) is 10.2 Å². The van der Waals surface area contributed by atoms with Gasteiger partial charge in [-0.05, 0) is 45.7 Å². The van der Waals surface area contributed by atoms with Gasteiger partial charge in [0.15, 0.2) is 0 Å². The largest absolute Gasteiger partial charge is 0.315 e. The molecule has 0 saturated carbocycles. The normalized spacial score (nSPS) is 23.2. The third-order valence-corrected chi connectivity index (χ3v) is 4.26. The minimum Gasteiger partial charge on any atom is -0.315 e. The Hall–Kier alpha value is -0.0800. The molecule has 1 heterocycles. The molecule has 1 N–H and O–H groups in total. The van der Waals surface area contributed by atoms with Crippen molar-refractivity contribution in [1.29, 1.82) is 0 Å². The molecule has 0 aliphatic carbocycles. The van der Waals surface area contributed by atoms with Crippen molar-refractivity contribution in [2.24, 2.45) is 0 Å². The molecule has 0 amide bonds. The van der Waals surface area contributed by atoms with Crippen molar-refractivity contribution in [3.05, 3.63) is 0 Å². The molecule has 2 atom stereocenters. The van der Waals surface area contributed by atoms with Gasteiger partial charge in [0.05, 0.1) is 0 Å². The van der Waals surface area contributed by atoms with Crippen LogP contribution in [0.3, 0.4) is 0 Å². The van der Waals surface area contributed by atoms with Gasteiger partial charge in [-0.1, -0.05) is 39.5 Å². The maximum Gasteiger partial charge on any atom is 0.0195 e. The predicted molar refractivity (Wildman–Crippen MR) is 81.1 cm³/mol. The first kappa shape index (κ1) is 16.0. The van der Waals surface area contributed by atoms with Crippen LogP contribution in [0.2, 0.25) is 0 Å². The van der Waals surface area contributed by atoms with E-state index in [2.05, 4.69) is 31.0 Å². The number of hydrogen-bond acceptors (Lipinski definition) is 2. The number of piperidine rings is 1. The van der Waals surface area contributed by atoms with Crippen LogP contribution in [0.1, 0.15) is 72.1 Å². The molecule has 0 aromatic carbocycles. The van der Waals surface area contributed by atoms with Crippen LogP contribution in [-0.4, -0.2) is 36.6 Å². The van der Waals surface area contributed by atoms with Gasteiger partial charge in [-0.3, -0.25) is 4.90 Å². The molecule has 0 aromatic heterocycles. The van der Waals surface area contributed by atoms with Crippen molar-refractivity contribution in [3.63, 3.8) is 0 Å². The molecule has 2 nitrogen and oxygen atoms in total. The second-order valence-electron chi connectivity index (χ2n) is 5.94. The molecule has 0 radical (unpaired) electrons. The first-order valence-electron chi connectivity index (χ1n) is 8.26. The molecule has 0 bridgehead atoms. The molecule has 0 spiro atoms. The Balaban J connectivity index is 2.22. The van der Waals surface area contributed by atoms with Crippen molar-refractivity contribution in [2.45, 2.75) is 84.2 Å². The second-order valence-corrected chi connectivity index (χ2v) is 5.94. The molecule has 1 aliphatic rings. The third kappa shape index (κ3) is 5.71. The van der Waals surface area contributed by atoms with E-state index in [9.17, 15) is 0 Å². The summed E-state index contributed by atoms with van der Waals surface area (Å²) >= 11 is 0. The molecule has 0 aromatic rings. The van der Waals surface area contributed by atoms with Gasteiger partial charge in [-0.25, -0.2) is 0 Å². The van der Waals surface area contributed by atoms with Gasteiger partial charge < -0.3 is 5.32 Å². The summed E-state index contributed by atoms with van der Waals surface area (Å²) in [6.07, 6.45) is 11.0. The number of rotatable bonds is 9. The first-order valence-corrected chi connectivity index (χ1v) is 8.26.